The van der Waals surface area contributed by atoms with Gasteiger partial charge in [-0.25, -0.2) is 0 Å². The van der Waals surface area contributed by atoms with E-state index in [1.807, 2.05) is 91.9 Å². The lowest BCUT2D eigenvalue weighted by Crippen LogP contribution is -2.13. The molecular formula is C34H34N2O4. The van der Waals surface area contributed by atoms with Gasteiger partial charge in [0.15, 0.2) is 23.0 Å². The molecule has 0 N–H and O–H groups in total. The smallest absolute Gasteiger partial charge is 0.162 e. The van der Waals surface area contributed by atoms with Crippen molar-refractivity contribution in [2.24, 2.45) is 10.2 Å². The van der Waals surface area contributed by atoms with Crippen molar-refractivity contribution in [1.29, 1.82) is 0 Å². The van der Waals surface area contributed by atoms with Crippen LogP contribution in [0.5, 0.6) is 23.0 Å². The van der Waals surface area contributed by atoms with Crippen LogP contribution in [0.3, 0.4) is 0 Å². The van der Waals surface area contributed by atoms with E-state index in [0.717, 1.165) is 45.7 Å². The lowest BCUT2D eigenvalue weighted by Gasteiger charge is -2.21. The Bertz CT molecular complexity index is 1510. The minimum absolute atomic E-state index is 0.101. The molecule has 1 atom stereocenters. The first-order chi connectivity index (χ1) is 19.6. The van der Waals surface area contributed by atoms with Crippen molar-refractivity contribution in [3.63, 3.8) is 0 Å². The van der Waals surface area contributed by atoms with E-state index < -0.39 is 0 Å². The molecule has 204 valence electrons. The van der Waals surface area contributed by atoms with Crippen LogP contribution in [0, 0.1) is 0 Å². The van der Waals surface area contributed by atoms with Crippen LogP contribution in [0.15, 0.2) is 101 Å². The first-order valence-electron chi connectivity index (χ1n) is 13.5. The minimum Gasteiger partial charge on any atom is -0.493 e. The zero-order valence-electron chi connectivity index (χ0n) is 23.4. The summed E-state index contributed by atoms with van der Waals surface area (Å²) in [7, 11) is 3.32. The van der Waals surface area contributed by atoms with E-state index in [4.69, 9.17) is 24.0 Å². The third kappa shape index (κ3) is 5.86. The van der Waals surface area contributed by atoms with Gasteiger partial charge in [-0.3, -0.25) is 0 Å². The molecule has 1 heterocycles. The second-order valence-electron chi connectivity index (χ2n) is 9.66. The minimum atomic E-state index is 0.101. The Hall–Kier alpha value is -4.58. The SMILES string of the molecule is CCC1C(C)=NN=C(c2ccc(OCc3ccccc3)c(OC)c2)c2cc(OCc3ccccc3)c(OC)cc21. The third-order valence-electron chi connectivity index (χ3n) is 7.10. The molecule has 6 heteroatoms. The first-order valence-corrected chi connectivity index (χ1v) is 13.5. The summed E-state index contributed by atoms with van der Waals surface area (Å²) in [5.74, 6) is 2.73. The number of ether oxygens (including phenoxy) is 4. The molecule has 1 unspecified atom stereocenters. The van der Waals surface area contributed by atoms with Crippen LogP contribution in [0.25, 0.3) is 0 Å². The first kappa shape index (κ1) is 27.0. The Morgan fingerprint density at radius 2 is 1.25 bits per heavy atom. The number of hydrogen-bond acceptors (Lipinski definition) is 6. The number of fused-ring (bicyclic) bond motifs is 1. The van der Waals surface area contributed by atoms with E-state index in [1.54, 1.807) is 14.2 Å². The fourth-order valence-electron chi connectivity index (χ4n) is 4.95. The normalized spacial score (nSPS) is 14.3. The molecule has 0 amide bonds. The fraction of sp³-hybridized carbons (Fsp3) is 0.235. The van der Waals surface area contributed by atoms with E-state index in [-0.39, 0.29) is 5.92 Å². The molecule has 0 aromatic heterocycles. The van der Waals surface area contributed by atoms with Crippen molar-refractivity contribution in [3.8, 4) is 23.0 Å². The highest BCUT2D eigenvalue weighted by molar-refractivity contribution is 6.16. The summed E-state index contributed by atoms with van der Waals surface area (Å²) >= 11 is 0. The zero-order valence-corrected chi connectivity index (χ0v) is 23.4. The fourth-order valence-corrected chi connectivity index (χ4v) is 4.95. The number of rotatable bonds is 10. The summed E-state index contributed by atoms with van der Waals surface area (Å²) in [6.07, 6.45) is 0.883. The summed E-state index contributed by atoms with van der Waals surface area (Å²) < 4.78 is 23.9. The van der Waals surface area contributed by atoms with Gasteiger partial charge in [-0.05, 0) is 60.4 Å². The molecule has 5 rings (SSSR count). The summed E-state index contributed by atoms with van der Waals surface area (Å²) in [5.41, 5.74) is 6.79. The van der Waals surface area contributed by atoms with Crippen molar-refractivity contribution >= 4 is 11.4 Å². The largest absolute Gasteiger partial charge is 0.493 e. The topological polar surface area (TPSA) is 61.6 Å². The predicted molar refractivity (Wildman–Crippen MR) is 159 cm³/mol. The summed E-state index contributed by atoms with van der Waals surface area (Å²) in [4.78, 5) is 0. The Kier molecular flexibility index (Phi) is 8.45. The maximum atomic E-state index is 6.28. The second-order valence-corrected chi connectivity index (χ2v) is 9.66. The molecule has 40 heavy (non-hydrogen) atoms. The van der Waals surface area contributed by atoms with Crippen molar-refractivity contribution in [2.45, 2.75) is 39.4 Å². The van der Waals surface area contributed by atoms with Crippen LogP contribution < -0.4 is 18.9 Å². The lowest BCUT2D eigenvalue weighted by molar-refractivity contribution is 0.284. The quantitative estimate of drug-likeness (QED) is 0.210. The summed E-state index contributed by atoms with van der Waals surface area (Å²) in [6, 6.07) is 30.1. The van der Waals surface area contributed by atoms with Crippen molar-refractivity contribution < 1.29 is 18.9 Å². The Morgan fingerprint density at radius 3 is 1.85 bits per heavy atom. The summed E-state index contributed by atoms with van der Waals surface area (Å²) in [6.45, 7) is 5.06. The summed E-state index contributed by atoms with van der Waals surface area (Å²) in [5, 5.41) is 9.37. The van der Waals surface area contributed by atoms with E-state index in [0.29, 0.717) is 36.2 Å². The van der Waals surface area contributed by atoms with Crippen LogP contribution in [0.4, 0.5) is 0 Å². The number of methoxy groups -OCH3 is 2. The highest BCUT2D eigenvalue weighted by Gasteiger charge is 2.27. The maximum absolute atomic E-state index is 6.28. The molecular weight excluding hydrogens is 500 g/mol. The molecule has 0 saturated heterocycles. The van der Waals surface area contributed by atoms with Crippen LogP contribution in [0.2, 0.25) is 0 Å². The molecule has 0 radical (unpaired) electrons. The molecule has 4 aromatic rings. The molecule has 0 spiro atoms. The van der Waals surface area contributed by atoms with E-state index >= 15 is 0 Å². The number of nitrogens with zero attached hydrogens (tertiary/aromatic N) is 2. The molecule has 0 aliphatic carbocycles. The van der Waals surface area contributed by atoms with Crippen molar-refractivity contribution in [3.05, 3.63) is 119 Å². The van der Waals surface area contributed by atoms with Crippen LogP contribution in [0.1, 0.15) is 54.0 Å². The Labute approximate surface area is 235 Å². The lowest BCUT2D eigenvalue weighted by atomic mass is 9.85. The second kappa shape index (κ2) is 12.5. The monoisotopic (exact) mass is 534 g/mol. The van der Waals surface area contributed by atoms with Crippen LogP contribution >= 0.6 is 0 Å². The van der Waals surface area contributed by atoms with Gasteiger partial charge in [0.2, 0.25) is 0 Å². The molecule has 4 aromatic carbocycles. The van der Waals surface area contributed by atoms with Gasteiger partial charge < -0.3 is 18.9 Å². The number of benzene rings is 4. The highest BCUT2D eigenvalue weighted by Crippen LogP contribution is 2.39. The van der Waals surface area contributed by atoms with Crippen LogP contribution in [-0.4, -0.2) is 25.6 Å². The molecule has 0 bridgehead atoms. The van der Waals surface area contributed by atoms with Gasteiger partial charge in [0.05, 0.1) is 14.2 Å². The van der Waals surface area contributed by atoms with Crippen molar-refractivity contribution in [2.75, 3.05) is 14.2 Å². The molecule has 1 aliphatic rings. The van der Waals surface area contributed by atoms with E-state index in [1.165, 1.54) is 0 Å². The average molecular weight is 535 g/mol. The zero-order chi connectivity index (χ0) is 27.9. The Morgan fingerprint density at radius 1 is 0.650 bits per heavy atom. The van der Waals surface area contributed by atoms with Crippen LogP contribution in [-0.2, 0) is 13.2 Å². The highest BCUT2D eigenvalue weighted by atomic mass is 16.5. The number of hydrogen-bond donors (Lipinski definition) is 0. The predicted octanol–water partition coefficient (Wildman–Crippen LogP) is 7.58. The van der Waals surface area contributed by atoms with Gasteiger partial charge in [-0.15, -0.1) is 5.10 Å². The van der Waals surface area contributed by atoms with E-state index in [9.17, 15) is 0 Å². The van der Waals surface area contributed by atoms with Gasteiger partial charge in [0, 0.05) is 22.8 Å². The standard InChI is InChI=1S/C34H34N2O4/c1-5-27-23(2)35-36-34(26-16-17-30(31(18-26)37-3)39-21-24-12-8-6-9-13-24)29-20-33(32(38-4)19-28(27)29)40-22-25-14-10-7-11-15-25/h6-20,27H,5,21-22H2,1-4H3. The van der Waals surface area contributed by atoms with Gasteiger partial charge in [-0.2, -0.15) is 5.10 Å². The van der Waals surface area contributed by atoms with Gasteiger partial charge >= 0.3 is 0 Å². The molecule has 6 nitrogen and oxygen atoms in total. The van der Waals surface area contributed by atoms with Crippen molar-refractivity contribution in [1.82, 2.24) is 0 Å². The molecule has 1 aliphatic heterocycles. The van der Waals surface area contributed by atoms with Gasteiger partial charge in [0.25, 0.3) is 0 Å². The average Bonchev–Trinajstić information content (AvgIpc) is 3.14. The molecule has 0 fully saturated rings. The van der Waals surface area contributed by atoms with Gasteiger partial charge in [0.1, 0.15) is 18.9 Å². The maximum Gasteiger partial charge on any atom is 0.162 e. The Balaban J connectivity index is 1.53. The van der Waals surface area contributed by atoms with E-state index in [2.05, 4.69) is 18.1 Å². The molecule has 0 saturated carbocycles. The van der Waals surface area contributed by atoms with Gasteiger partial charge in [-0.1, -0.05) is 67.6 Å². The third-order valence-corrected chi connectivity index (χ3v) is 7.10.